The molecule has 4 rings (SSSR count). The van der Waals surface area contributed by atoms with E-state index in [2.05, 4.69) is 49.9 Å². The highest BCUT2D eigenvalue weighted by Gasteiger charge is 2.41. The third-order valence-corrected chi connectivity index (χ3v) is 5.52. The van der Waals surface area contributed by atoms with Gasteiger partial charge in [0.1, 0.15) is 0 Å². The molecule has 2 saturated heterocycles. The normalized spacial score (nSPS) is 20.6. The molecule has 0 N–H and O–H groups in total. The summed E-state index contributed by atoms with van der Waals surface area (Å²) in [6, 6.07) is 8.19. The third-order valence-electron chi connectivity index (χ3n) is 5.52. The van der Waals surface area contributed by atoms with Crippen LogP contribution in [0, 0.1) is 12.3 Å². The largest absolute Gasteiger partial charge is 0.340 e. The van der Waals surface area contributed by atoms with Crippen molar-refractivity contribution in [2.45, 2.75) is 32.7 Å². The number of pyridine rings is 1. The zero-order chi connectivity index (χ0) is 16.4. The van der Waals surface area contributed by atoms with Crippen LogP contribution in [0.2, 0.25) is 0 Å². The molecule has 5 nitrogen and oxygen atoms in total. The second kappa shape index (κ2) is 6.48. The number of hydrogen-bond donors (Lipinski definition) is 0. The Morgan fingerprint density at radius 3 is 2.50 bits per heavy atom. The van der Waals surface area contributed by atoms with Crippen molar-refractivity contribution >= 4 is 5.95 Å². The zero-order valence-corrected chi connectivity index (χ0v) is 14.4. The van der Waals surface area contributed by atoms with Crippen LogP contribution in [-0.2, 0) is 6.54 Å². The number of rotatable bonds is 3. The molecule has 2 aromatic heterocycles. The molecule has 0 saturated carbocycles. The molecule has 0 radical (unpaired) electrons. The Kier molecular flexibility index (Phi) is 4.19. The molecular weight excluding hydrogens is 298 g/mol. The molecule has 0 bridgehead atoms. The number of aryl methyl sites for hydroxylation is 1. The van der Waals surface area contributed by atoms with Gasteiger partial charge in [-0.05, 0) is 62.9 Å². The second-order valence-corrected chi connectivity index (χ2v) is 7.27. The van der Waals surface area contributed by atoms with E-state index in [-0.39, 0.29) is 0 Å². The smallest absolute Gasteiger partial charge is 0.225 e. The van der Waals surface area contributed by atoms with Gasteiger partial charge >= 0.3 is 0 Å². The number of nitrogens with zero attached hydrogens (tertiary/aromatic N) is 5. The van der Waals surface area contributed by atoms with Crippen LogP contribution in [0.3, 0.4) is 0 Å². The van der Waals surface area contributed by atoms with Crippen LogP contribution in [0.25, 0.3) is 0 Å². The number of aromatic nitrogens is 3. The molecule has 0 aromatic carbocycles. The predicted octanol–water partition coefficient (Wildman–Crippen LogP) is 2.67. The zero-order valence-electron chi connectivity index (χ0n) is 14.4. The molecule has 0 unspecified atom stereocenters. The van der Waals surface area contributed by atoms with E-state index in [1.54, 1.807) is 0 Å². The van der Waals surface area contributed by atoms with Crippen LogP contribution in [-0.4, -0.2) is 46.0 Å². The van der Waals surface area contributed by atoms with Crippen molar-refractivity contribution in [2.75, 3.05) is 31.1 Å². The summed E-state index contributed by atoms with van der Waals surface area (Å²) in [4.78, 5) is 18.4. The van der Waals surface area contributed by atoms with Gasteiger partial charge in [0.05, 0.1) is 5.69 Å². The minimum absolute atomic E-state index is 0.454. The van der Waals surface area contributed by atoms with Gasteiger partial charge in [0.2, 0.25) is 5.95 Å². The maximum Gasteiger partial charge on any atom is 0.225 e. The number of anilines is 1. The van der Waals surface area contributed by atoms with E-state index in [0.717, 1.165) is 31.3 Å². The van der Waals surface area contributed by atoms with Gasteiger partial charge < -0.3 is 4.90 Å². The highest BCUT2D eigenvalue weighted by atomic mass is 15.3. The Morgan fingerprint density at radius 2 is 1.75 bits per heavy atom. The first kappa shape index (κ1) is 15.5. The van der Waals surface area contributed by atoms with Gasteiger partial charge in [0.15, 0.2) is 0 Å². The SMILES string of the molecule is Cc1cccc(CN2CCC3(CC2)CCN(c2ncccn2)C3)n1. The molecule has 24 heavy (non-hydrogen) atoms. The van der Waals surface area contributed by atoms with Crippen molar-refractivity contribution in [3.63, 3.8) is 0 Å². The summed E-state index contributed by atoms with van der Waals surface area (Å²) in [5.41, 5.74) is 2.75. The maximum atomic E-state index is 4.64. The molecule has 0 amide bonds. The molecule has 2 aromatic rings. The minimum atomic E-state index is 0.454. The van der Waals surface area contributed by atoms with Gasteiger partial charge in [-0.2, -0.15) is 0 Å². The molecule has 4 heterocycles. The molecular formula is C19H25N5. The predicted molar refractivity (Wildman–Crippen MR) is 94.8 cm³/mol. The summed E-state index contributed by atoms with van der Waals surface area (Å²) >= 11 is 0. The van der Waals surface area contributed by atoms with Gasteiger partial charge in [-0.3, -0.25) is 9.88 Å². The lowest BCUT2D eigenvalue weighted by Gasteiger charge is -2.39. The first-order valence-electron chi connectivity index (χ1n) is 8.89. The van der Waals surface area contributed by atoms with Crippen molar-refractivity contribution in [3.05, 3.63) is 48.0 Å². The summed E-state index contributed by atoms with van der Waals surface area (Å²) < 4.78 is 0. The monoisotopic (exact) mass is 323 g/mol. The molecule has 5 heteroatoms. The van der Waals surface area contributed by atoms with Crippen LogP contribution in [0.5, 0.6) is 0 Å². The van der Waals surface area contributed by atoms with Crippen LogP contribution in [0.15, 0.2) is 36.7 Å². The fourth-order valence-electron chi connectivity index (χ4n) is 4.07. The van der Waals surface area contributed by atoms with Gasteiger partial charge in [-0.25, -0.2) is 9.97 Å². The molecule has 126 valence electrons. The van der Waals surface area contributed by atoms with Crippen molar-refractivity contribution in [3.8, 4) is 0 Å². The third kappa shape index (κ3) is 3.26. The Morgan fingerprint density at radius 1 is 1.00 bits per heavy atom. The number of likely N-dealkylation sites (tertiary alicyclic amines) is 1. The molecule has 2 fully saturated rings. The van der Waals surface area contributed by atoms with Gasteiger partial charge in [0, 0.05) is 37.7 Å². The highest BCUT2D eigenvalue weighted by Crippen LogP contribution is 2.41. The first-order valence-corrected chi connectivity index (χ1v) is 8.89. The fraction of sp³-hybridized carbons (Fsp3) is 0.526. The minimum Gasteiger partial charge on any atom is -0.340 e. The topological polar surface area (TPSA) is 45.2 Å². The average Bonchev–Trinajstić information content (AvgIpc) is 3.02. The summed E-state index contributed by atoms with van der Waals surface area (Å²) in [6.07, 6.45) is 7.47. The Hall–Kier alpha value is -2.01. The molecule has 2 aliphatic rings. The summed E-state index contributed by atoms with van der Waals surface area (Å²) in [5.74, 6) is 0.890. The van der Waals surface area contributed by atoms with Gasteiger partial charge in [-0.15, -0.1) is 0 Å². The number of hydrogen-bond acceptors (Lipinski definition) is 5. The number of piperidine rings is 1. The van der Waals surface area contributed by atoms with Gasteiger partial charge in [-0.1, -0.05) is 6.07 Å². The maximum absolute atomic E-state index is 4.64. The van der Waals surface area contributed by atoms with Gasteiger partial charge in [0.25, 0.3) is 0 Å². The molecule has 1 spiro atoms. The quantitative estimate of drug-likeness (QED) is 0.869. The fourth-order valence-corrected chi connectivity index (χ4v) is 4.07. The Bertz CT molecular complexity index is 679. The van der Waals surface area contributed by atoms with E-state index in [1.807, 2.05) is 18.5 Å². The lowest BCUT2D eigenvalue weighted by atomic mass is 9.78. The van der Waals surface area contributed by atoms with Crippen molar-refractivity contribution in [1.29, 1.82) is 0 Å². The summed E-state index contributed by atoms with van der Waals surface area (Å²) in [7, 11) is 0. The molecule has 0 atom stereocenters. The van der Waals surface area contributed by atoms with Crippen LogP contribution < -0.4 is 4.90 Å². The van der Waals surface area contributed by atoms with Crippen LogP contribution >= 0.6 is 0 Å². The van der Waals surface area contributed by atoms with Crippen molar-refractivity contribution in [2.24, 2.45) is 5.41 Å². The highest BCUT2D eigenvalue weighted by molar-refractivity contribution is 5.31. The van der Waals surface area contributed by atoms with E-state index in [4.69, 9.17) is 0 Å². The lowest BCUT2D eigenvalue weighted by molar-refractivity contribution is 0.114. The molecule has 0 aliphatic carbocycles. The van der Waals surface area contributed by atoms with E-state index in [9.17, 15) is 0 Å². The molecule has 2 aliphatic heterocycles. The first-order chi connectivity index (χ1) is 11.7. The summed E-state index contributed by atoms with van der Waals surface area (Å²) in [5, 5.41) is 0. The average molecular weight is 323 g/mol. The van der Waals surface area contributed by atoms with Crippen molar-refractivity contribution in [1.82, 2.24) is 19.9 Å². The van der Waals surface area contributed by atoms with E-state index < -0.39 is 0 Å². The standard InChI is InChI=1S/C19H25N5/c1-16-4-2-5-17(22-16)14-23-11-6-19(7-12-23)8-13-24(15-19)18-20-9-3-10-21-18/h2-5,9-10H,6-8,11-15H2,1H3. The van der Waals surface area contributed by atoms with Crippen LogP contribution in [0.4, 0.5) is 5.95 Å². The van der Waals surface area contributed by atoms with E-state index in [0.29, 0.717) is 5.41 Å². The second-order valence-electron chi connectivity index (χ2n) is 7.27. The van der Waals surface area contributed by atoms with E-state index in [1.165, 1.54) is 38.0 Å². The van der Waals surface area contributed by atoms with Crippen molar-refractivity contribution < 1.29 is 0 Å². The summed E-state index contributed by atoms with van der Waals surface area (Å²) in [6.45, 7) is 7.56. The lowest BCUT2D eigenvalue weighted by Crippen LogP contribution is -2.41. The Labute approximate surface area is 143 Å². The Balaban J connectivity index is 1.35. The van der Waals surface area contributed by atoms with Crippen LogP contribution in [0.1, 0.15) is 30.7 Å². The van der Waals surface area contributed by atoms with E-state index >= 15 is 0 Å².